The van der Waals surface area contributed by atoms with Gasteiger partial charge in [0.25, 0.3) is 5.91 Å². The molecule has 3 aromatic rings. The molecule has 1 aliphatic heterocycles. The van der Waals surface area contributed by atoms with Gasteiger partial charge >= 0.3 is 6.18 Å². The maximum Gasteiger partial charge on any atom is 0.416 e. The molecule has 0 saturated carbocycles. The number of piperazine rings is 1. The predicted molar refractivity (Wildman–Crippen MR) is 140 cm³/mol. The Morgan fingerprint density at radius 3 is 2.00 bits per heavy atom. The number of hydrogen-bond donors (Lipinski definition) is 0. The maximum absolute atomic E-state index is 12.9. The minimum atomic E-state index is -4.38. The topological polar surface area (TPSA) is 42.0 Å². The summed E-state index contributed by atoms with van der Waals surface area (Å²) in [6.07, 6.45) is -4.71. The van der Waals surface area contributed by atoms with E-state index in [-0.39, 0.29) is 25.2 Å². The zero-order valence-electron chi connectivity index (χ0n) is 20.5. The van der Waals surface area contributed by atoms with Crippen molar-refractivity contribution < 1.29 is 27.4 Å². The molecule has 5 nitrogen and oxygen atoms in total. The van der Waals surface area contributed by atoms with Gasteiger partial charge in [-0.25, -0.2) is 0 Å². The van der Waals surface area contributed by atoms with Crippen LogP contribution in [0.15, 0.2) is 72.8 Å². The molecule has 1 saturated heterocycles. The Morgan fingerprint density at radius 1 is 0.842 bits per heavy atom. The van der Waals surface area contributed by atoms with Gasteiger partial charge in [0, 0.05) is 42.8 Å². The van der Waals surface area contributed by atoms with Crippen LogP contribution < -0.4 is 4.74 Å². The van der Waals surface area contributed by atoms with Crippen LogP contribution in [0, 0.1) is 0 Å². The lowest BCUT2D eigenvalue weighted by molar-refractivity contribution is -0.137. The van der Waals surface area contributed by atoms with Crippen molar-refractivity contribution in [1.29, 1.82) is 0 Å². The highest BCUT2D eigenvalue weighted by Gasteiger charge is 2.30. The number of carbonyl (C=O) groups excluding carboxylic acids is 1. The molecule has 0 spiro atoms. The first-order valence-electron chi connectivity index (χ1n) is 12.1. The van der Waals surface area contributed by atoms with Crippen molar-refractivity contribution in [1.82, 2.24) is 9.80 Å². The molecule has 202 valence electrons. The summed E-state index contributed by atoms with van der Waals surface area (Å²) in [6.45, 7) is 3.08. The molecular weight excluding hydrogens is 540 g/mol. The fraction of sp³-hybridized carbons (Fsp3) is 0.321. The largest absolute Gasteiger partial charge is 0.484 e. The Bertz CT molecular complexity index is 1180. The number of rotatable bonds is 9. The van der Waals surface area contributed by atoms with Crippen LogP contribution in [0.2, 0.25) is 10.0 Å². The number of amides is 1. The second-order valence-corrected chi connectivity index (χ2v) is 9.84. The summed E-state index contributed by atoms with van der Waals surface area (Å²) in [6, 6.07) is 19.1. The third-order valence-corrected chi connectivity index (χ3v) is 6.80. The van der Waals surface area contributed by atoms with Crippen LogP contribution in [0.5, 0.6) is 5.75 Å². The number of carbonyl (C=O) groups is 1. The van der Waals surface area contributed by atoms with Gasteiger partial charge in [-0.1, -0.05) is 47.5 Å². The first kappa shape index (κ1) is 28.2. The molecule has 1 amide bonds. The molecular formula is C28H27Cl2F3N2O3. The lowest BCUT2D eigenvalue weighted by Crippen LogP contribution is -2.50. The van der Waals surface area contributed by atoms with Crippen molar-refractivity contribution in [2.45, 2.75) is 18.9 Å². The molecule has 3 aromatic carbocycles. The Morgan fingerprint density at radius 2 is 1.42 bits per heavy atom. The van der Waals surface area contributed by atoms with E-state index in [0.717, 1.165) is 17.7 Å². The molecule has 0 aromatic heterocycles. The van der Waals surface area contributed by atoms with Crippen LogP contribution >= 0.6 is 23.2 Å². The van der Waals surface area contributed by atoms with Crippen LogP contribution in [-0.4, -0.2) is 55.0 Å². The van der Waals surface area contributed by atoms with Crippen molar-refractivity contribution in [2.24, 2.45) is 0 Å². The van der Waals surface area contributed by atoms with Crippen molar-refractivity contribution in [2.75, 3.05) is 39.3 Å². The number of ether oxygens (including phenoxy) is 2. The summed E-state index contributed by atoms with van der Waals surface area (Å²) in [4.78, 5) is 16.6. The molecule has 0 unspecified atom stereocenters. The lowest BCUT2D eigenvalue weighted by Gasteiger charge is -2.36. The van der Waals surface area contributed by atoms with E-state index in [9.17, 15) is 18.0 Å². The van der Waals surface area contributed by atoms with Crippen molar-refractivity contribution >= 4 is 29.1 Å². The summed E-state index contributed by atoms with van der Waals surface area (Å²) in [5.41, 5.74) is 0.866. The van der Waals surface area contributed by atoms with Crippen LogP contribution in [0.1, 0.15) is 22.8 Å². The van der Waals surface area contributed by atoms with Crippen LogP contribution in [0.3, 0.4) is 0 Å². The smallest absolute Gasteiger partial charge is 0.416 e. The fourth-order valence-corrected chi connectivity index (χ4v) is 4.35. The zero-order chi connectivity index (χ0) is 27.1. The van der Waals surface area contributed by atoms with Crippen LogP contribution in [-0.2, 0) is 22.3 Å². The molecule has 4 rings (SSSR count). The van der Waals surface area contributed by atoms with E-state index in [1.54, 1.807) is 41.3 Å². The lowest BCUT2D eigenvalue weighted by atomic mass is 10.1. The Labute approximate surface area is 229 Å². The number of halogens is 5. The SMILES string of the molecule is O=C(COc1ccc(Cl)cc1)N1CCN(C[C@@H](OCc2ccc(C(F)(F)F)cc2)c2ccc(Cl)cc2)CC1. The summed E-state index contributed by atoms with van der Waals surface area (Å²) in [5, 5.41) is 1.20. The average molecular weight is 567 g/mol. The van der Waals surface area contributed by atoms with Crippen molar-refractivity contribution in [3.8, 4) is 5.75 Å². The Kier molecular flexibility index (Phi) is 9.54. The van der Waals surface area contributed by atoms with Gasteiger partial charge in [0.15, 0.2) is 6.61 Å². The zero-order valence-corrected chi connectivity index (χ0v) is 22.0. The molecule has 1 atom stereocenters. The van der Waals surface area contributed by atoms with E-state index >= 15 is 0 Å². The second-order valence-electron chi connectivity index (χ2n) is 8.97. The number of nitrogens with zero attached hydrogens (tertiary/aromatic N) is 2. The van der Waals surface area contributed by atoms with Crippen LogP contribution in [0.25, 0.3) is 0 Å². The molecule has 0 N–H and O–H groups in total. The standard InChI is InChI=1S/C28H27Cl2F3N2O3/c29-23-7-3-21(4-8-23)26(38-18-20-1-5-22(6-2-20)28(31,32)33)17-34-13-15-35(16-14-34)27(36)19-37-25-11-9-24(30)10-12-25/h1-12,26H,13-19H2/t26-/m1/s1. The van der Waals surface area contributed by atoms with Gasteiger partial charge in [-0.05, 0) is 59.7 Å². The average Bonchev–Trinajstić information content (AvgIpc) is 2.91. The summed E-state index contributed by atoms with van der Waals surface area (Å²) >= 11 is 11.9. The van der Waals surface area contributed by atoms with E-state index in [2.05, 4.69) is 4.90 Å². The Hall–Kier alpha value is -2.78. The van der Waals surface area contributed by atoms with Gasteiger partial charge in [0.05, 0.1) is 18.3 Å². The van der Waals surface area contributed by atoms with Crippen molar-refractivity contribution in [3.05, 3.63) is 99.5 Å². The molecule has 1 aliphatic rings. The van der Waals surface area contributed by atoms with Gasteiger partial charge in [-0.15, -0.1) is 0 Å². The van der Waals surface area contributed by atoms with Gasteiger partial charge in [0.1, 0.15) is 5.75 Å². The van der Waals surface area contributed by atoms with Gasteiger partial charge < -0.3 is 14.4 Å². The summed E-state index contributed by atoms with van der Waals surface area (Å²) < 4.78 is 50.4. The van der Waals surface area contributed by atoms with E-state index < -0.39 is 11.7 Å². The number of benzene rings is 3. The third-order valence-electron chi connectivity index (χ3n) is 6.30. The second kappa shape index (κ2) is 12.8. The number of alkyl halides is 3. The minimum Gasteiger partial charge on any atom is -0.484 e. The van der Waals surface area contributed by atoms with E-state index in [4.69, 9.17) is 32.7 Å². The van der Waals surface area contributed by atoms with Crippen molar-refractivity contribution in [3.63, 3.8) is 0 Å². The van der Waals surface area contributed by atoms with Gasteiger partial charge in [0.2, 0.25) is 0 Å². The van der Waals surface area contributed by atoms with E-state index in [0.29, 0.717) is 54.1 Å². The summed E-state index contributed by atoms with van der Waals surface area (Å²) in [5.74, 6) is 0.491. The summed E-state index contributed by atoms with van der Waals surface area (Å²) in [7, 11) is 0. The van der Waals surface area contributed by atoms with E-state index in [1.165, 1.54) is 12.1 Å². The molecule has 0 bridgehead atoms. The van der Waals surface area contributed by atoms with E-state index in [1.807, 2.05) is 12.1 Å². The Balaban J connectivity index is 1.31. The first-order chi connectivity index (χ1) is 18.2. The highest BCUT2D eigenvalue weighted by molar-refractivity contribution is 6.30. The van der Waals surface area contributed by atoms with Gasteiger partial charge in [-0.2, -0.15) is 13.2 Å². The minimum absolute atomic E-state index is 0.0503. The highest BCUT2D eigenvalue weighted by atomic mass is 35.5. The fourth-order valence-electron chi connectivity index (χ4n) is 4.10. The highest BCUT2D eigenvalue weighted by Crippen LogP contribution is 2.30. The maximum atomic E-state index is 12.9. The normalized spacial score (nSPS) is 15.3. The molecule has 38 heavy (non-hydrogen) atoms. The molecule has 0 aliphatic carbocycles. The predicted octanol–water partition coefficient (Wildman–Crippen LogP) is 6.49. The molecule has 1 fully saturated rings. The molecule has 1 heterocycles. The molecule has 10 heteroatoms. The monoisotopic (exact) mass is 566 g/mol. The number of hydrogen-bond acceptors (Lipinski definition) is 4. The molecule has 0 radical (unpaired) electrons. The third kappa shape index (κ3) is 8.11. The van der Waals surface area contributed by atoms with Gasteiger partial charge in [-0.3, -0.25) is 9.69 Å². The first-order valence-corrected chi connectivity index (χ1v) is 12.8. The van der Waals surface area contributed by atoms with Crippen LogP contribution in [0.4, 0.5) is 13.2 Å². The quantitative estimate of drug-likeness (QED) is 0.297.